The lowest BCUT2D eigenvalue weighted by molar-refractivity contribution is -0.143. The zero-order valence-corrected chi connectivity index (χ0v) is 28.2. The summed E-state index contributed by atoms with van der Waals surface area (Å²) in [4.78, 5) is 55.5. The highest BCUT2D eigenvalue weighted by atomic mass is 32.2. The van der Waals surface area contributed by atoms with E-state index < -0.39 is 74.5 Å². The summed E-state index contributed by atoms with van der Waals surface area (Å²) in [5.74, 6) is -2.01. The van der Waals surface area contributed by atoms with Crippen LogP contribution in [0.5, 0.6) is 5.75 Å². The monoisotopic (exact) mass is 656 g/mol. The molecular weight excluding hydrogens is 612 g/mol. The van der Waals surface area contributed by atoms with Crippen LogP contribution < -0.4 is 20.1 Å². The van der Waals surface area contributed by atoms with Gasteiger partial charge in [-0.25, -0.2) is 13.2 Å². The molecule has 1 aliphatic carbocycles. The average Bonchev–Trinajstić information content (AvgIpc) is 3.48. The lowest BCUT2D eigenvalue weighted by atomic mass is 9.85. The maximum Gasteiger partial charge on any atom is 0.408 e. The molecule has 250 valence electrons. The summed E-state index contributed by atoms with van der Waals surface area (Å²) in [5, 5.41) is 7.24. The highest BCUT2D eigenvalue weighted by molar-refractivity contribution is 7.89. The molecule has 1 saturated heterocycles. The first-order chi connectivity index (χ1) is 21.2. The van der Waals surface area contributed by atoms with Crippen molar-refractivity contribution in [3.63, 3.8) is 0 Å². The number of carbonyl (C=O) groups excluding carboxylic acids is 4. The normalized spacial score (nSPS) is 23.6. The number of likely N-dealkylation sites (tertiary alicyclic amines) is 1. The number of alkyl carbamates (subject to hydrolysis) is 1. The molecule has 2 aromatic carbocycles. The van der Waals surface area contributed by atoms with E-state index in [1.807, 2.05) is 47.2 Å². The lowest BCUT2D eigenvalue weighted by Gasteiger charge is -2.36. The van der Waals surface area contributed by atoms with Gasteiger partial charge in [-0.1, -0.05) is 63.2 Å². The Bertz CT molecular complexity index is 1640. The number of rotatable bonds is 9. The molecule has 13 heteroatoms. The van der Waals surface area contributed by atoms with E-state index in [1.165, 1.54) is 11.0 Å². The molecule has 3 N–H and O–H groups in total. The number of hydrogen-bond donors (Lipinski definition) is 3. The van der Waals surface area contributed by atoms with Crippen molar-refractivity contribution in [2.24, 2.45) is 11.3 Å². The van der Waals surface area contributed by atoms with E-state index in [0.717, 1.165) is 17.0 Å². The van der Waals surface area contributed by atoms with Crippen molar-refractivity contribution >= 4 is 44.6 Å². The van der Waals surface area contributed by atoms with Crippen molar-refractivity contribution in [3.05, 3.63) is 55.1 Å². The molecule has 0 radical (unpaired) electrons. The summed E-state index contributed by atoms with van der Waals surface area (Å²) in [5.41, 5.74) is -3.14. The van der Waals surface area contributed by atoms with Crippen LogP contribution in [-0.2, 0) is 29.1 Å². The van der Waals surface area contributed by atoms with Gasteiger partial charge in [0, 0.05) is 17.7 Å². The number of sulfonamides is 1. The van der Waals surface area contributed by atoms with Gasteiger partial charge in [0.15, 0.2) is 0 Å². The number of ether oxygens (including phenoxy) is 2. The van der Waals surface area contributed by atoms with Gasteiger partial charge in [0.05, 0.1) is 12.8 Å². The van der Waals surface area contributed by atoms with E-state index in [1.54, 1.807) is 41.5 Å². The van der Waals surface area contributed by atoms with Gasteiger partial charge in [0.1, 0.15) is 35.1 Å². The van der Waals surface area contributed by atoms with Crippen LogP contribution in [0.25, 0.3) is 10.8 Å². The Hall–Kier alpha value is -4.13. The summed E-state index contributed by atoms with van der Waals surface area (Å²) in [6, 6.07) is 11.1. The van der Waals surface area contributed by atoms with Gasteiger partial charge in [0.25, 0.3) is 5.91 Å². The van der Waals surface area contributed by atoms with Crippen LogP contribution in [0.4, 0.5) is 4.79 Å². The van der Waals surface area contributed by atoms with Crippen LogP contribution in [0.3, 0.4) is 0 Å². The molecule has 0 spiro atoms. The summed E-state index contributed by atoms with van der Waals surface area (Å²) >= 11 is 0. The molecule has 1 aliphatic heterocycles. The molecular formula is C33H44N4O8S. The second-order valence-electron chi connectivity index (χ2n) is 14.1. The largest absolute Gasteiger partial charge is 0.488 e. The Morgan fingerprint density at radius 3 is 2.28 bits per heavy atom. The minimum absolute atomic E-state index is 0.0101. The van der Waals surface area contributed by atoms with E-state index in [0.29, 0.717) is 5.75 Å². The van der Waals surface area contributed by atoms with Crippen molar-refractivity contribution in [1.29, 1.82) is 0 Å². The first kappa shape index (κ1) is 34.7. The Morgan fingerprint density at radius 1 is 1.04 bits per heavy atom. The maximum atomic E-state index is 14.3. The smallest absolute Gasteiger partial charge is 0.408 e. The number of nitrogens with zero attached hydrogens (tertiary/aromatic N) is 1. The standard InChI is InChI=1S/C33H44N4O8S/c1-9-21-18-33(21,29(40)36-46(8,42)43)35-27(38)24-17-22(44-25-16-12-14-20-13-10-11-15-23(20)25)19-37(24)28(39)26(31(2,3)4)34-30(41)45-32(5,6)7/h9-16,21-22,24,26H,1,17-19H2,2-8H3,(H,34,41)(H,35,38)(H,36,40)/t21-,22-,24+,26-,33-/m1/s1. The number of amides is 4. The quantitative estimate of drug-likeness (QED) is 0.347. The topological polar surface area (TPSA) is 160 Å². The van der Waals surface area contributed by atoms with Crippen LogP contribution in [0.15, 0.2) is 55.1 Å². The first-order valence-electron chi connectivity index (χ1n) is 15.2. The van der Waals surface area contributed by atoms with Crippen LogP contribution in [0.2, 0.25) is 0 Å². The van der Waals surface area contributed by atoms with Gasteiger partial charge in [-0.3, -0.25) is 19.1 Å². The van der Waals surface area contributed by atoms with Crippen molar-refractivity contribution in [2.75, 3.05) is 12.8 Å². The molecule has 2 fully saturated rings. The van der Waals surface area contributed by atoms with Crippen LogP contribution >= 0.6 is 0 Å². The van der Waals surface area contributed by atoms with Gasteiger partial charge in [-0.2, -0.15) is 0 Å². The van der Waals surface area contributed by atoms with E-state index >= 15 is 0 Å². The molecule has 1 saturated carbocycles. The van der Waals surface area contributed by atoms with Crippen LogP contribution in [0, 0.1) is 11.3 Å². The molecule has 5 atom stereocenters. The van der Waals surface area contributed by atoms with Gasteiger partial charge in [-0.05, 0) is 44.1 Å². The second kappa shape index (κ2) is 12.6. The van der Waals surface area contributed by atoms with Gasteiger partial charge < -0.3 is 25.0 Å². The van der Waals surface area contributed by atoms with Crippen molar-refractivity contribution in [2.45, 2.75) is 83.7 Å². The Morgan fingerprint density at radius 2 is 1.70 bits per heavy atom. The van der Waals surface area contributed by atoms with E-state index in [-0.39, 0.29) is 19.4 Å². The molecule has 12 nitrogen and oxygen atoms in total. The Kier molecular flexibility index (Phi) is 9.50. The number of carbonyl (C=O) groups is 4. The fraction of sp³-hybridized carbons (Fsp3) is 0.515. The molecule has 0 bridgehead atoms. The van der Waals surface area contributed by atoms with E-state index in [4.69, 9.17) is 9.47 Å². The zero-order valence-electron chi connectivity index (χ0n) is 27.4. The SMILES string of the molecule is C=C[C@@H]1C[C@]1(NC(=O)[C@@H]1C[C@@H](Oc2cccc3ccccc23)CN1C(=O)[C@@H](NC(=O)OC(C)(C)C)C(C)(C)C)C(=O)NS(C)(=O)=O. The third-order valence-corrected chi connectivity index (χ3v) is 8.55. The number of benzene rings is 2. The zero-order chi connectivity index (χ0) is 34.2. The minimum Gasteiger partial charge on any atom is -0.488 e. The Balaban J connectivity index is 1.66. The third-order valence-electron chi connectivity index (χ3n) is 7.99. The molecule has 0 aromatic heterocycles. The fourth-order valence-corrected chi connectivity index (χ4v) is 6.21. The van der Waals surface area contributed by atoms with Crippen molar-refractivity contribution < 1.29 is 37.1 Å². The highest BCUT2D eigenvalue weighted by Gasteiger charge is 2.61. The lowest BCUT2D eigenvalue weighted by Crippen LogP contribution is -2.60. The number of hydrogen-bond acceptors (Lipinski definition) is 8. The van der Waals surface area contributed by atoms with Gasteiger partial charge in [-0.15, -0.1) is 6.58 Å². The first-order valence-corrected chi connectivity index (χ1v) is 17.0. The predicted octanol–water partition coefficient (Wildman–Crippen LogP) is 3.26. The average molecular weight is 657 g/mol. The molecule has 1 heterocycles. The summed E-state index contributed by atoms with van der Waals surface area (Å²) in [7, 11) is -3.91. The highest BCUT2D eigenvalue weighted by Crippen LogP contribution is 2.45. The summed E-state index contributed by atoms with van der Waals surface area (Å²) < 4.78 is 37.5. The second-order valence-corrected chi connectivity index (χ2v) is 15.9. The van der Waals surface area contributed by atoms with E-state index in [2.05, 4.69) is 17.2 Å². The summed E-state index contributed by atoms with van der Waals surface area (Å²) in [6.45, 7) is 14.2. The predicted molar refractivity (Wildman–Crippen MR) is 173 cm³/mol. The van der Waals surface area contributed by atoms with Crippen molar-refractivity contribution in [3.8, 4) is 5.75 Å². The molecule has 2 aromatic rings. The van der Waals surface area contributed by atoms with E-state index in [9.17, 15) is 27.6 Å². The number of fused-ring (bicyclic) bond motifs is 1. The van der Waals surface area contributed by atoms with Crippen LogP contribution in [-0.4, -0.2) is 79.3 Å². The Labute approximate surface area is 270 Å². The molecule has 46 heavy (non-hydrogen) atoms. The van der Waals surface area contributed by atoms with Gasteiger partial charge >= 0.3 is 6.09 Å². The fourth-order valence-electron chi connectivity index (χ4n) is 5.69. The molecule has 4 amide bonds. The molecule has 0 unspecified atom stereocenters. The van der Waals surface area contributed by atoms with Gasteiger partial charge in [0.2, 0.25) is 21.8 Å². The number of nitrogens with one attached hydrogen (secondary N) is 3. The molecule has 4 rings (SSSR count). The van der Waals surface area contributed by atoms with Crippen LogP contribution in [0.1, 0.15) is 54.4 Å². The van der Waals surface area contributed by atoms with Crippen molar-refractivity contribution in [1.82, 2.24) is 20.3 Å². The molecule has 2 aliphatic rings. The minimum atomic E-state index is -3.91. The maximum absolute atomic E-state index is 14.3. The summed E-state index contributed by atoms with van der Waals surface area (Å²) in [6.07, 6.45) is 1.14. The third kappa shape index (κ3) is 7.98.